The zero-order chi connectivity index (χ0) is 19.3. The summed E-state index contributed by atoms with van der Waals surface area (Å²) in [7, 11) is 1.88. The molecule has 1 aromatic carbocycles. The van der Waals surface area contributed by atoms with Crippen molar-refractivity contribution in [3.05, 3.63) is 53.9 Å². The predicted molar refractivity (Wildman–Crippen MR) is 105 cm³/mol. The summed E-state index contributed by atoms with van der Waals surface area (Å²) in [6.07, 6.45) is 11.8. The van der Waals surface area contributed by atoms with E-state index in [4.69, 9.17) is 0 Å². The fourth-order valence-corrected chi connectivity index (χ4v) is 6.71. The Morgan fingerprint density at radius 3 is 2.43 bits per heavy atom. The Bertz CT molecular complexity index is 854. The number of halogens is 1. The summed E-state index contributed by atoms with van der Waals surface area (Å²) in [6, 6.07) is 6.09. The first kappa shape index (κ1) is 17.9. The number of amides is 1. The average molecular weight is 381 g/mol. The van der Waals surface area contributed by atoms with Crippen LogP contribution in [0.25, 0.3) is 0 Å². The van der Waals surface area contributed by atoms with Crippen molar-refractivity contribution in [2.45, 2.75) is 51.0 Å². The van der Waals surface area contributed by atoms with Gasteiger partial charge in [-0.2, -0.15) is 0 Å². The molecule has 4 bridgehead atoms. The molecule has 1 atom stereocenters. The Labute approximate surface area is 165 Å². The number of carbonyl (C=O) groups excluding carboxylic acids is 1. The summed E-state index contributed by atoms with van der Waals surface area (Å²) >= 11 is 0. The number of hydrogen-bond acceptors (Lipinski definition) is 2. The Kier molecular flexibility index (Phi) is 4.29. The molecule has 28 heavy (non-hydrogen) atoms. The molecular formula is C23H28FN3O. The highest BCUT2D eigenvalue weighted by atomic mass is 19.1. The number of aryl methyl sites for hydroxylation is 1. The minimum Gasteiger partial charge on any atom is -0.342 e. The maximum absolute atomic E-state index is 14.5. The van der Waals surface area contributed by atoms with Gasteiger partial charge in [-0.3, -0.25) is 4.79 Å². The van der Waals surface area contributed by atoms with E-state index in [2.05, 4.69) is 10.3 Å². The van der Waals surface area contributed by atoms with E-state index < -0.39 is 6.04 Å². The van der Waals surface area contributed by atoms with Crippen molar-refractivity contribution in [2.24, 2.45) is 30.2 Å². The lowest BCUT2D eigenvalue weighted by Gasteiger charge is -2.56. The number of rotatable bonds is 5. The van der Waals surface area contributed by atoms with Crippen LogP contribution in [0.5, 0.6) is 0 Å². The molecule has 1 N–H and O–H groups in total. The predicted octanol–water partition coefficient (Wildman–Crippen LogP) is 4.37. The molecule has 148 valence electrons. The van der Waals surface area contributed by atoms with Gasteiger partial charge in [-0.1, -0.05) is 18.2 Å². The van der Waals surface area contributed by atoms with Crippen LogP contribution in [0.2, 0.25) is 0 Å². The molecule has 4 fully saturated rings. The van der Waals surface area contributed by atoms with Gasteiger partial charge in [0.2, 0.25) is 5.91 Å². The van der Waals surface area contributed by atoms with Crippen LogP contribution in [0, 0.1) is 29.0 Å². The Morgan fingerprint density at radius 2 is 1.86 bits per heavy atom. The van der Waals surface area contributed by atoms with Crippen LogP contribution in [0.3, 0.4) is 0 Å². The van der Waals surface area contributed by atoms with Crippen LogP contribution >= 0.6 is 0 Å². The van der Waals surface area contributed by atoms with Crippen molar-refractivity contribution in [3.8, 4) is 0 Å². The summed E-state index contributed by atoms with van der Waals surface area (Å²) in [6.45, 7) is 0. The van der Waals surface area contributed by atoms with Gasteiger partial charge in [0.15, 0.2) is 0 Å². The summed E-state index contributed by atoms with van der Waals surface area (Å²) < 4.78 is 16.4. The van der Waals surface area contributed by atoms with Crippen LogP contribution < -0.4 is 5.32 Å². The topological polar surface area (TPSA) is 46.9 Å². The zero-order valence-corrected chi connectivity index (χ0v) is 16.4. The first-order valence-corrected chi connectivity index (χ1v) is 10.5. The first-order valence-electron chi connectivity index (χ1n) is 10.5. The Balaban J connectivity index is 1.38. The highest BCUT2D eigenvalue weighted by molar-refractivity contribution is 5.77. The van der Waals surface area contributed by atoms with Crippen molar-refractivity contribution in [1.29, 1.82) is 0 Å². The second-order valence-electron chi connectivity index (χ2n) is 9.51. The number of aromatic nitrogens is 2. The average Bonchev–Trinajstić information content (AvgIpc) is 3.04. The molecule has 4 aliphatic carbocycles. The summed E-state index contributed by atoms with van der Waals surface area (Å²) in [5, 5.41) is 3.13. The number of benzene rings is 1. The third kappa shape index (κ3) is 3.15. The molecule has 1 unspecified atom stereocenters. The van der Waals surface area contributed by atoms with Crippen molar-refractivity contribution in [1.82, 2.24) is 14.9 Å². The molecule has 1 aromatic heterocycles. The maximum atomic E-state index is 14.5. The lowest BCUT2D eigenvalue weighted by Crippen LogP contribution is -2.48. The summed E-state index contributed by atoms with van der Waals surface area (Å²) in [5.41, 5.74) is 0.635. The lowest BCUT2D eigenvalue weighted by molar-refractivity contribution is -0.130. The third-order valence-electron chi connectivity index (χ3n) is 7.34. The highest BCUT2D eigenvalue weighted by Crippen LogP contribution is 2.61. The van der Waals surface area contributed by atoms with Crippen LogP contribution in [-0.2, 0) is 11.8 Å². The van der Waals surface area contributed by atoms with E-state index in [0.29, 0.717) is 17.8 Å². The molecular weight excluding hydrogens is 353 g/mol. The summed E-state index contributed by atoms with van der Waals surface area (Å²) in [5.74, 6) is 2.82. The van der Waals surface area contributed by atoms with Gasteiger partial charge < -0.3 is 9.88 Å². The van der Waals surface area contributed by atoms with Gasteiger partial charge in [0, 0.05) is 31.4 Å². The van der Waals surface area contributed by atoms with E-state index in [1.807, 2.05) is 17.8 Å². The number of imidazole rings is 1. The van der Waals surface area contributed by atoms with Gasteiger partial charge in [0.25, 0.3) is 0 Å². The van der Waals surface area contributed by atoms with Gasteiger partial charge >= 0.3 is 0 Å². The second kappa shape index (κ2) is 6.71. The largest absolute Gasteiger partial charge is 0.342 e. The van der Waals surface area contributed by atoms with Gasteiger partial charge in [0.1, 0.15) is 17.7 Å². The number of nitrogens with one attached hydrogen (secondary N) is 1. The van der Waals surface area contributed by atoms with Gasteiger partial charge in [-0.25, -0.2) is 9.37 Å². The van der Waals surface area contributed by atoms with E-state index >= 15 is 0 Å². The van der Waals surface area contributed by atoms with E-state index in [1.54, 1.807) is 24.4 Å². The molecule has 0 spiro atoms. The van der Waals surface area contributed by atoms with Crippen LogP contribution in [0.1, 0.15) is 62.4 Å². The first-order chi connectivity index (χ1) is 13.5. The van der Waals surface area contributed by atoms with E-state index in [-0.39, 0.29) is 17.1 Å². The number of carbonyl (C=O) groups is 1. The lowest BCUT2D eigenvalue weighted by atomic mass is 9.49. The van der Waals surface area contributed by atoms with Crippen molar-refractivity contribution < 1.29 is 9.18 Å². The molecule has 1 heterocycles. The molecule has 0 saturated heterocycles. The van der Waals surface area contributed by atoms with Gasteiger partial charge in [0.05, 0.1) is 0 Å². The molecule has 6 rings (SSSR count). The van der Waals surface area contributed by atoms with E-state index in [9.17, 15) is 9.18 Å². The van der Waals surface area contributed by atoms with Gasteiger partial charge in [-0.15, -0.1) is 0 Å². The minimum atomic E-state index is -0.567. The molecule has 4 aliphatic rings. The molecule has 4 nitrogen and oxygen atoms in total. The summed E-state index contributed by atoms with van der Waals surface area (Å²) in [4.78, 5) is 17.6. The molecule has 2 aromatic rings. The SMILES string of the molecule is Cn1ccnc1C(NC(=O)CC12CC3CC(CC(C3)C1)C2)c1ccccc1F. The maximum Gasteiger partial charge on any atom is 0.221 e. The van der Waals surface area contributed by atoms with Crippen molar-refractivity contribution >= 4 is 5.91 Å². The number of hydrogen-bond donors (Lipinski definition) is 1. The fraction of sp³-hybridized carbons (Fsp3) is 0.565. The molecule has 4 saturated carbocycles. The van der Waals surface area contributed by atoms with Crippen molar-refractivity contribution in [3.63, 3.8) is 0 Å². The second-order valence-corrected chi connectivity index (χ2v) is 9.51. The van der Waals surface area contributed by atoms with Gasteiger partial charge in [-0.05, 0) is 67.8 Å². The molecule has 1 amide bonds. The Hall–Kier alpha value is -2.17. The van der Waals surface area contributed by atoms with Crippen molar-refractivity contribution in [2.75, 3.05) is 0 Å². The standard InChI is InChI=1S/C23H28FN3O/c1-27-7-6-25-22(27)21(18-4-2-3-5-19(18)24)26-20(28)14-23-11-15-8-16(12-23)10-17(9-15)13-23/h2-7,15-17,21H,8-14H2,1H3,(H,26,28). The molecule has 0 aliphatic heterocycles. The van der Waals surface area contributed by atoms with E-state index in [0.717, 1.165) is 17.8 Å². The van der Waals surface area contributed by atoms with Crippen LogP contribution in [-0.4, -0.2) is 15.5 Å². The van der Waals surface area contributed by atoms with Crippen LogP contribution in [0.15, 0.2) is 36.7 Å². The quantitative estimate of drug-likeness (QED) is 0.836. The van der Waals surface area contributed by atoms with E-state index in [1.165, 1.54) is 44.6 Å². The normalized spacial score (nSPS) is 31.7. The Morgan fingerprint density at radius 1 is 1.21 bits per heavy atom. The highest BCUT2D eigenvalue weighted by Gasteiger charge is 2.51. The molecule has 0 radical (unpaired) electrons. The molecule has 5 heteroatoms. The monoisotopic (exact) mass is 381 g/mol. The van der Waals surface area contributed by atoms with Crippen LogP contribution in [0.4, 0.5) is 4.39 Å². The third-order valence-corrected chi connectivity index (χ3v) is 7.34. The zero-order valence-electron chi connectivity index (χ0n) is 16.4. The fourth-order valence-electron chi connectivity index (χ4n) is 6.71. The smallest absolute Gasteiger partial charge is 0.221 e. The minimum absolute atomic E-state index is 0.0261. The number of nitrogens with zero attached hydrogens (tertiary/aromatic N) is 2.